The lowest BCUT2D eigenvalue weighted by Crippen LogP contribution is -2.09. The van der Waals surface area contributed by atoms with Crippen LogP contribution in [0, 0.1) is 0 Å². The number of nitrogens with one attached hydrogen (secondary N) is 1. The highest BCUT2D eigenvalue weighted by molar-refractivity contribution is 8.32. The van der Waals surface area contributed by atoms with E-state index in [2.05, 4.69) is 24.1 Å². The average Bonchev–Trinajstić information content (AvgIpc) is 1.78. The third-order valence-electron chi connectivity index (χ3n) is 1.43. The van der Waals surface area contributed by atoms with Crippen LogP contribution in [0.4, 0.5) is 0 Å². The fourth-order valence-corrected chi connectivity index (χ4v) is 1.91. The van der Waals surface area contributed by atoms with Crippen molar-refractivity contribution < 1.29 is 0 Å². The zero-order valence-electron chi connectivity index (χ0n) is 7.74. The average molecular weight is 163 g/mol. The van der Waals surface area contributed by atoms with Crippen molar-refractivity contribution in [2.24, 2.45) is 0 Å². The molecular formula is C8H21NS. The fourth-order valence-electron chi connectivity index (χ4n) is 0.837. The zero-order valence-corrected chi connectivity index (χ0v) is 8.55. The predicted molar refractivity (Wildman–Crippen MR) is 53.4 cm³/mol. The lowest BCUT2D eigenvalue weighted by atomic mass is 10.3. The van der Waals surface area contributed by atoms with Gasteiger partial charge in [0.05, 0.1) is 0 Å². The molecule has 0 saturated carbocycles. The van der Waals surface area contributed by atoms with E-state index in [0.29, 0.717) is 0 Å². The van der Waals surface area contributed by atoms with Crippen molar-refractivity contribution in [3.8, 4) is 0 Å². The molecule has 2 heteroatoms. The molecule has 64 valence electrons. The first-order valence-corrected chi connectivity index (χ1v) is 6.89. The van der Waals surface area contributed by atoms with Crippen molar-refractivity contribution in [1.82, 2.24) is 5.32 Å². The maximum absolute atomic E-state index is 3.16. The van der Waals surface area contributed by atoms with E-state index in [-0.39, 0.29) is 10.0 Å². The summed E-state index contributed by atoms with van der Waals surface area (Å²) in [5.41, 5.74) is 0. The molecule has 0 atom stereocenters. The molecule has 10 heavy (non-hydrogen) atoms. The third-order valence-corrected chi connectivity index (χ3v) is 2.95. The van der Waals surface area contributed by atoms with Gasteiger partial charge in [0.15, 0.2) is 0 Å². The van der Waals surface area contributed by atoms with Crippen molar-refractivity contribution in [1.29, 1.82) is 0 Å². The SMILES string of the molecule is CNCCCCS(C)(C)C. The van der Waals surface area contributed by atoms with Crippen LogP contribution < -0.4 is 5.32 Å². The Hall–Kier alpha value is 0.310. The summed E-state index contributed by atoms with van der Waals surface area (Å²) in [5.74, 6) is 1.43. The van der Waals surface area contributed by atoms with Gasteiger partial charge in [-0.1, -0.05) is 0 Å². The van der Waals surface area contributed by atoms with E-state index < -0.39 is 0 Å². The summed E-state index contributed by atoms with van der Waals surface area (Å²) < 4.78 is 0. The summed E-state index contributed by atoms with van der Waals surface area (Å²) in [7, 11) is 1.79. The Morgan fingerprint density at radius 3 is 2.10 bits per heavy atom. The highest BCUT2D eigenvalue weighted by atomic mass is 32.3. The van der Waals surface area contributed by atoms with Crippen LogP contribution >= 0.6 is 10.0 Å². The van der Waals surface area contributed by atoms with Gasteiger partial charge in [-0.15, -0.1) is 0 Å². The lowest BCUT2D eigenvalue weighted by Gasteiger charge is -2.24. The van der Waals surface area contributed by atoms with Crippen molar-refractivity contribution >= 4 is 10.0 Å². The molecule has 0 aromatic rings. The topological polar surface area (TPSA) is 12.0 Å². The monoisotopic (exact) mass is 163 g/mol. The molecule has 0 saturated heterocycles. The summed E-state index contributed by atoms with van der Waals surface area (Å²) >= 11 is 0. The second-order valence-electron chi connectivity index (χ2n) is 3.61. The molecule has 0 aliphatic heterocycles. The second kappa shape index (κ2) is 5.03. The van der Waals surface area contributed by atoms with E-state index in [9.17, 15) is 0 Å². The van der Waals surface area contributed by atoms with Gasteiger partial charge in [-0.05, 0) is 51.0 Å². The minimum absolute atomic E-state index is 0.232. The van der Waals surface area contributed by atoms with Crippen LogP contribution in [-0.4, -0.2) is 38.1 Å². The molecule has 1 N–H and O–H groups in total. The van der Waals surface area contributed by atoms with E-state index in [1.807, 2.05) is 7.05 Å². The predicted octanol–water partition coefficient (Wildman–Crippen LogP) is 1.68. The van der Waals surface area contributed by atoms with Crippen molar-refractivity contribution in [3.63, 3.8) is 0 Å². The minimum Gasteiger partial charge on any atom is -0.320 e. The van der Waals surface area contributed by atoms with Gasteiger partial charge < -0.3 is 5.32 Å². The smallest absolute Gasteiger partial charge is 0.00516 e. The van der Waals surface area contributed by atoms with Gasteiger partial charge >= 0.3 is 0 Å². The van der Waals surface area contributed by atoms with Gasteiger partial charge in [0.2, 0.25) is 0 Å². The number of unbranched alkanes of at least 4 members (excludes halogenated alkanes) is 1. The Morgan fingerprint density at radius 1 is 1.10 bits per heavy atom. The molecule has 1 nitrogen and oxygen atoms in total. The summed E-state index contributed by atoms with van der Waals surface area (Å²) in [4.78, 5) is 0. The van der Waals surface area contributed by atoms with Crippen molar-refractivity contribution in [3.05, 3.63) is 0 Å². The van der Waals surface area contributed by atoms with Crippen LogP contribution in [0.25, 0.3) is 0 Å². The maximum Gasteiger partial charge on any atom is -0.00516 e. The van der Waals surface area contributed by atoms with E-state index in [1.165, 1.54) is 25.1 Å². The van der Waals surface area contributed by atoms with Gasteiger partial charge in [0, 0.05) is 0 Å². The first-order chi connectivity index (χ1) is 4.56. The van der Waals surface area contributed by atoms with Gasteiger partial charge in [0.25, 0.3) is 0 Å². The van der Waals surface area contributed by atoms with Gasteiger partial charge in [-0.2, -0.15) is 0 Å². The summed E-state index contributed by atoms with van der Waals surface area (Å²) in [5, 5.41) is 3.16. The Bertz CT molecular complexity index is 75.8. The first-order valence-electron chi connectivity index (χ1n) is 3.87. The van der Waals surface area contributed by atoms with Crippen molar-refractivity contribution in [2.75, 3.05) is 38.1 Å². The van der Waals surface area contributed by atoms with Gasteiger partial charge in [0.1, 0.15) is 0 Å². The fraction of sp³-hybridized carbons (Fsp3) is 1.00. The minimum atomic E-state index is -0.232. The molecular weight excluding hydrogens is 142 g/mol. The molecule has 0 amide bonds. The maximum atomic E-state index is 3.16. The molecule has 0 aromatic heterocycles. The molecule has 0 aromatic carbocycles. The third kappa shape index (κ3) is 8.31. The van der Waals surface area contributed by atoms with Crippen LogP contribution in [-0.2, 0) is 0 Å². The molecule has 0 unspecified atom stereocenters. The highest BCUT2D eigenvalue weighted by Crippen LogP contribution is 2.35. The Labute approximate surface area is 66.9 Å². The summed E-state index contributed by atoms with van der Waals surface area (Å²) in [6.45, 7) is 1.18. The molecule has 0 spiro atoms. The first kappa shape index (κ1) is 10.3. The summed E-state index contributed by atoms with van der Waals surface area (Å²) in [6.07, 6.45) is 9.87. The molecule has 0 aliphatic rings. The van der Waals surface area contributed by atoms with Gasteiger partial charge in [-0.25, -0.2) is 10.0 Å². The zero-order chi connectivity index (χ0) is 8.04. The molecule has 0 bridgehead atoms. The van der Waals surface area contributed by atoms with E-state index in [0.717, 1.165) is 0 Å². The van der Waals surface area contributed by atoms with Crippen LogP contribution in [0.2, 0.25) is 0 Å². The quantitative estimate of drug-likeness (QED) is 0.608. The lowest BCUT2D eigenvalue weighted by molar-refractivity contribution is 0.714. The van der Waals surface area contributed by atoms with E-state index in [1.54, 1.807) is 0 Å². The second-order valence-corrected chi connectivity index (χ2v) is 8.20. The highest BCUT2D eigenvalue weighted by Gasteiger charge is 2.01. The molecule has 0 rings (SSSR count). The Kier molecular flexibility index (Phi) is 5.18. The van der Waals surface area contributed by atoms with E-state index >= 15 is 0 Å². The largest absolute Gasteiger partial charge is 0.320 e. The Morgan fingerprint density at radius 2 is 1.70 bits per heavy atom. The van der Waals surface area contributed by atoms with Crippen LogP contribution in [0.3, 0.4) is 0 Å². The standard InChI is InChI=1S/C8H21NS/c1-9-7-5-6-8-10(2,3)4/h9H,5-8H2,1-4H3. The number of hydrogen-bond acceptors (Lipinski definition) is 1. The van der Waals surface area contributed by atoms with Gasteiger partial charge in [-0.3, -0.25) is 0 Å². The van der Waals surface area contributed by atoms with Crippen molar-refractivity contribution in [2.45, 2.75) is 12.8 Å². The van der Waals surface area contributed by atoms with Crippen LogP contribution in [0.15, 0.2) is 0 Å². The Balaban J connectivity index is 3.04. The van der Waals surface area contributed by atoms with Crippen LogP contribution in [0.5, 0.6) is 0 Å². The molecule has 0 radical (unpaired) electrons. The summed E-state index contributed by atoms with van der Waals surface area (Å²) in [6, 6.07) is 0. The number of rotatable bonds is 5. The molecule has 0 heterocycles. The molecule has 0 aliphatic carbocycles. The van der Waals surface area contributed by atoms with E-state index in [4.69, 9.17) is 0 Å². The van der Waals surface area contributed by atoms with Crippen LogP contribution in [0.1, 0.15) is 12.8 Å². The molecule has 0 fully saturated rings. The number of hydrogen-bond donors (Lipinski definition) is 1. The normalized spacial score (nSPS) is 13.6.